The second-order valence-electron chi connectivity index (χ2n) is 6.60. The van der Waals surface area contributed by atoms with E-state index in [-0.39, 0.29) is 0 Å². The monoisotopic (exact) mass is 339 g/mol. The minimum Gasteiger partial charge on any atom is -0.478 e. The first-order valence-corrected chi connectivity index (χ1v) is 8.88. The predicted molar refractivity (Wildman–Crippen MR) is 97.6 cm³/mol. The molecule has 0 amide bonds. The summed E-state index contributed by atoms with van der Waals surface area (Å²) in [5.74, 6) is -0.908. The van der Waals surface area contributed by atoms with E-state index in [4.69, 9.17) is 5.11 Å². The molecule has 2 aromatic rings. The Bertz CT molecular complexity index is 690. The Morgan fingerprint density at radius 1 is 1.28 bits per heavy atom. The maximum atomic E-state index is 11.0. The van der Waals surface area contributed by atoms with Gasteiger partial charge in [-0.1, -0.05) is 30.3 Å². The largest absolute Gasteiger partial charge is 0.478 e. The molecule has 5 heteroatoms. The molecule has 1 aliphatic rings. The van der Waals surface area contributed by atoms with Crippen molar-refractivity contribution in [3.63, 3.8) is 0 Å². The Kier molecular flexibility index (Phi) is 6.14. The van der Waals surface area contributed by atoms with E-state index in [0.717, 1.165) is 38.2 Å². The van der Waals surface area contributed by atoms with Crippen LogP contribution in [0.1, 0.15) is 34.5 Å². The van der Waals surface area contributed by atoms with Crippen molar-refractivity contribution >= 4 is 5.97 Å². The van der Waals surface area contributed by atoms with Crippen LogP contribution in [0.4, 0.5) is 0 Å². The molecule has 132 valence electrons. The standard InChI is InChI=1S/C20H25N3O2/c24-20(25)17-8-10-21-19(13-17)14-22-18-9-12-23(15-18)11-4-7-16-5-2-1-3-6-16/h1-3,5-6,8,10,13,18,22H,4,7,9,11-12,14-15H2,(H,24,25)/t18-/m1/s1. The highest BCUT2D eigenvalue weighted by molar-refractivity contribution is 5.87. The second kappa shape index (κ2) is 8.74. The molecule has 2 N–H and O–H groups in total. The third-order valence-electron chi connectivity index (χ3n) is 4.69. The topological polar surface area (TPSA) is 65.5 Å². The lowest BCUT2D eigenvalue weighted by molar-refractivity contribution is 0.0696. The van der Waals surface area contributed by atoms with Crippen LogP contribution in [0.3, 0.4) is 0 Å². The molecule has 0 bridgehead atoms. The van der Waals surface area contributed by atoms with Crippen LogP contribution in [0.25, 0.3) is 0 Å². The summed E-state index contributed by atoms with van der Waals surface area (Å²) in [5, 5.41) is 12.5. The molecular weight excluding hydrogens is 314 g/mol. The summed E-state index contributed by atoms with van der Waals surface area (Å²) in [4.78, 5) is 17.8. The van der Waals surface area contributed by atoms with E-state index in [0.29, 0.717) is 18.2 Å². The summed E-state index contributed by atoms with van der Waals surface area (Å²) in [6, 6.07) is 14.2. The Morgan fingerprint density at radius 3 is 2.92 bits per heavy atom. The van der Waals surface area contributed by atoms with Crippen LogP contribution in [0.15, 0.2) is 48.7 Å². The second-order valence-corrected chi connectivity index (χ2v) is 6.60. The molecule has 1 saturated heterocycles. The zero-order valence-corrected chi connectivity index (χ0v) is 14.4. The smallest absolute Gasteiger partial charge is 0.335 e. The van der Waals surface area contributed by atoms with Gasteiger partial charge in [0, 0.05) is 25.3 Å². The first-order valence-electron chi connectivity index (χ1n) is 8.88. The first-order chi connectivity index (χ1) is 12.2. The van der Waals surface area contributed by atoms with E-state index in [1.165, 1.54) is 18.1 Å². The SMILES string of the molecule is O=C(O)c1ccnc(CN[C@@H]2CCN(CCCc3ccccc3)C2)c1. The van der Waals surface area contributed by atoms with Gasteiger partial charge in [-0.2, -0.15) is 0 Å². The van der Waals surface area contributed by atoms with Gasteiger partial charge in [-0.15, -0.1) is 0 Å². The van der Waals surface area contributed by atoms with Crippen molar-refractivity contribution in [3.05, 3.63) is 65.5 Å². The third-order valence-corrected chi connectivity index (χ3v) is 4.69. The minimum atomic E-state index is -0.908. The number of rotatable bonds is 8. The molecule has 1 aromatic heterocycles. The van der Waals surface area contributed by atoms with Crippen LogP contribution < -0.4 is 5.32 Å². The lowest BCUT2D eigenvalue weighted by Gasteiger charge is -2.16. The van der Waals surface area contributed by atoms with Gasteiger partial charge in [0.05, 0.1) is 11.3 Å². The lowest BCUT2D eigenvalue weighted by atomic mass is 10.1. The van der Waals surface area contributed by atoms with Gasteiger partial charge < -0.3 is 15.3 Å². The summed E-state index contributed by atoms with van der Waals surface area (Å²) < 4.78 is 0. The number of carboxylic acid groups (broad SMARTS) is 1. The molecule has 0 aliphatic carbocycles. The third kappa shape index (κ3) is 5.37. The first kappa shape index (κ1) is 17.6. The molecule has 1 aromatic carbocycles. The summed E-state index contributed by atoms with van der Waals surface area (Å²) in [5.41, 5.74) is 2.48. The van der Waals surface area contributed by atoms with E-state index >= 15 is 0 Å². The van der Waals surface area contributed by atoms with Crippen molar-refractivity contribution in [2.45, 2.75) is 31.8 Å². The van der Waals surface area contributed by atoms with Crippen LogP contribution in [0, 0.1) is 0 Å². The summed E-state index contributed by atoms with van der Waals surface area (Å²) >= 11 is 0. The molecule has 1 aliphatic heterocycles. The highest BCUT2D eigenvalue weighted by atomic mass is 16.4. The fourth-order valence-corrected chi connectivity index (χ4v) is 3.31. The number of carboxylic acids is 1. The Balaban J connectivity index is 1.38. The Hall–Kier alpha value is -2.24. The van der Waals surface area contributed by atoms with Gasteiger partial charge in [-0.3, -0.25) is 4.98 Å². The Morgan fingerprint density at radius 2 is 2.12 bits per heavy atom. The van der Waals surface area contributed by atoms with E-state index < -0.39 is 5.97 Å². The summed E-state index contributed by atoms with van der Waals surface area (Å²) in [7, 11) is 0. The fourth-order valence-electron chi connectivity index (χ4n) is 3.31. The van der Waals surface area contributed by atoms with Gasteiger partial charge >= 0.3 is 5.97 Å². The number of aromatic carboxylic acids is 1. The summed E-state index contributed by atoms with van der Waals surface area (Å²) in [6.45, 7) is 3.91. The molecule has 0 radical (unpaired) electrons. The number of aromatic nitrogens is 1. The van der Waals surface area contributed by atoms with Crippen molar-refractivity contribution < 1.29 is 9.90 Å². The van der Waals surface area contributed by atoms with Crippen molar-refractivity contribution in [1.82, 2.24) is 15.2 Å². The molecule has 3 rings (SSSR count). The van der Waals surface area contributed by atoms with Crippen LogP contribution in [0.2, 0.25) is 0 Å². The molecule has 0 unspecified atom stereocenters. The number of benzene rings is 1. The number of nitrogens with zero attached hydrogens (tertiary/aromatic N) is 2. The van der Waals surface area contributed by atoms with Gasteiger partial charge in [0.15, 0.2) is 0 Å². The molecule has 1 atom stereocenters. The van der Waals surface area contributed by atoms with Crippen molar-refractivity contribution in [1.29, 1.82) is 0 Å². The van der Waals surface area contributed by atoms with Crippen molar-refractivity contribution in [2.75, 3.05) is 19.6 Å². The lowest BCUT2D eigenvalue weighted by Crippen LogP contribution is -2.32. The molecule has 25 heavy (non-hydrogen) atoms. The quantitative estimate of drug-likeness (QED) is 0.774. The number of hydrogen-bond acceptors (Lipinski definition) is 4. The zero-order valence-electron chi connectivity index (χ0n) is 14.4. The van der Waals surface area contributed by atoms with Crippen LogP contribution in [0.5, 0.6) is 0 Å². The molecular formula is C20H25N3O2. The number of hydrogen-bond donors (Lipinski definition) is 2. The molecule has 0 saturated carbocycles. The maximum Gasteiger partial charge on any atom is 0.335 e. The summed E-state index contributed by atoms with van der Waals surface area (Å²) in [6.07, 6.45) is 5.00. The van der Waals surface area contributed by atoms with Crippen molar-refractivity contribution in [3.8, 4) is 0 Å². The van der Waals surface area contributed by atoms with Crippen molar-refractivity contribution in [2.24, 2.45) is 0 Å². The normalized spacial score (nSPS) is 17.7. The van der Waals surface area contributed by atoms with Gasteiger partial charge in [0.25, 0.3) is 0 Å². The number of aryl methyl sites for hydroxylation is 1. The highest BCUT2D eigenvalue weighted by Gasteiger charge is 2.21. The molecule has 1 fully saturated rings. The number of nitrogens with one attached hydrogen (secondary N) is 1. The van der Waals surface area contributed by atoms with Crippen LogP contribution in [-0.4, -0.2) is 46.6 Å². The average Bonchev–Trinajstić information content (AvgIpc) is 3.09. The molecule has 5 nitrogen and oxygen atoms in total. The fraction of sp³-hybridized carbons (Fsp3) is 0.400. The van der Waals surface area contributed by atoms with Crippen LogP contribution in [-0.2, 0) is 13.0 Å². The zero-order chi connectivity index (χ0) is 17.5. The van der Waals surface area contributed by atoms with Gasteiger partial charge in [-0.05, 0) is 50.0 Å². The number of pyridine rings is 1. The average molecular weight is 339 g/mol. The minimum absolute atomic E-state index is 0.292. The van der Waals surface area contributed by atoms with Gasteiger partial charge in [-0.25, -0.2) is 4.79 Å². The van der Waals surface area contributed by atoms with E-state index in [1.54, 1.807) is 12.3 Å². The molecule has 2 heterocycles. The van der Waals surface area contributed by atoms with E-state index in [9.17, 15) is 4.79 Å². The van der Waals surface area contributed by atoms with Gasteiger partial charge in [0.2, 0.25) is 0 Å². The Labute approximate surface area is 148 Å². The predicted octanol–water partition coefficient (Wildman–Crippen LogP) is 2.58. The maximum absolute atomic E-state index is 11.0. The molecule has 0 spiro atoms. The number of carbonyl (C=O) groups is 1. The van der Waals surface area contributed by atoms with E-state index in [1.807, 2.05) is 0 Å². The number of likely N-dealkylation sites (tertiary alicyclic amines) is 1. The van der Waals surface area contributed by atoms with Crippen LogP contribution >= 0.6 is 0 Å². The highest BCUT2D eigenvalue weighted by Crippen LogP contribution is 2.12. The van der Waals surface area contributed by atoms with E-state index in [2.05, 4.69) is 45.5 Å². The van der Waals surface area contributed by atoms with Gasteiger partial charge in [0.1, 0.15) is 0 Å².